The van der Waals surface area contributed by atoms with E-state index in [0.29, 0.717) is 18.7 Å². The fraction of sp³-hybridized carbons (Fsp3) is 0.227. The first-order chi connectivity index (χ1) is 12.1. The van der Waals surface area contributed by atoms with Crippen LogP contribution in [-0.2, 0) is 17.9 Å². The van der Waals surface area contributed by atoms with E-state index < -0.39 is 0 Å². The second-order valence-corrected chi connectivity index (χ2v) is 6.37. The van der Waals surface area contributed by atoms with E-state index >= 15 is 0 Å². The molecular formula is C22H23NO2. The molecule has 0 aromatic heterocycles. The van der Waals surface area contributed by atoms with Crippen molar-refractivity contribution in [3.63, 3.8) is 0 Å². The van der Waals surface area contributed by atoms with Gasteiger partial charge in [-0.05, 0) is 47.9 Å². The van der Waals surface area contributed by atoms with E-state index in [1.165, 1.54) is 0 Å². The summed E-state index contributed by atoms with van der Waals surface area (Å²) < 4.78 is 5.70. The molecule has 0 aliphatic heterocycles. The average molecular weight is 333 g/mol. The summed E-state index contributed by atoms with van der Waals surface area (Å²) in [5, 5.41) is 5.22. The number of nitrogens with one attached hydrogen (secondary N) is 1. The van der Waals surface area contributed by atoms with Crippen molar-refractivity contribution in [2.45, 2.75) is 33.1 Å². The van der Waals surface area contributed by atoms with Gasteiger partial charge in [0.1, 0.15) is 0 Å². The third-order valence-corrected chi connectivity index (χ3v) is 4.14. The molecule has 0 bridgehead atoms. The fourth-order valence-corrected chi connectivity index (χ4v) is 2.74. The Balaban J connectivity index is 1.69. The monoisotopic (exact) mass is 333 g/mol. The van der Waals surface area contributed by atoms with Crippen molar-refractivity contribution in [3.8, 4) is 0 Å². The predicted octanol–water partition coefficient (Wildman–Crippen LogP) is 4.69. The van der Waals surface area contributed by atoms with Crippen LogP contribution in [0.3, 0.4) is 0 Å². The number of amides is 1. The highest BCUT2D eigenvalue weighted by Gasteiger charge is 2.08. The Morgan fingerprint density at radius 1 is 0.920 bits per heavy atom. The van der Waals surface area contributed by atoms with Gasteiger partial charge in [0, 0.05) is 12.1 Å². The number of hydrogen-bond donors (Lipinski definition) is 1. The minimum absolute atomic E-state index is 0.0645. The molecule has 0 saturated heterocycles. The zero-order valence-electron chi connectivity index (χ0n) is 14.7. The Kier molecular flexibility index (Phi) is 5.46. The molecule has 0 saturated carbocycles. The maximum atomic E-state index is 12.5. The summed E-state index contributed by atoms with van der Waals surface area (Å²) in [7, 11) is 0. The molecule has 0 aliphatic carbocycles. The van der Waals surface area contributed by atoms with Crippen molar-refractivity contribution in [2.75, 3.05) is 0 Å². The summed E-state index contributed by atoms with van der Waals surface area (Å²) in [5.41, 5.74) is 2.86. The summed E-state index contributed by atoms with van der Waals surface area (Å²) in [6.07, 6.45) is 0.181. The third kappa shape index (κ3) is 4.46. The zero-order valence-corrected chi connectivity index (χ0v) is 14.7. The Bertz CT molecular complexity index is 871. The molecule has 0 atom stereocenters. The molecular weight excluding hydrogens is 310 g/mol. The summed E-state index contributed by atoms with van der Waals surface area (Å²) in [6.45, 7) is 5.08. The van der Waals surface area contributed by atoms with Gasteiger partial charge in [-0.15, -0.1) is 0 Å². The van der Waals surface area contributed by atoms with Crippen molar-refractivity contribution in [3.05, 3.63) is 83.4 Å². The maximum Gasteiger partial charge on any atom is 0.251 e. The Morgan fingerprint density at radius 3 is 2.36 bits per heavy atom. The van der Waals surface area contributed by atoms with Crippen LogP contribution in [0, 0.1) is 0 Å². The van der Waals surface area contributed by atoms with Gasteiger partial charge in [0.2, 0.25) is 0 Å². The Labute approximate surface area is 148 Å². The van der Waals surface area contributed by atoms with E-state index in [9.17, 15) is 4.79 Å². The molecule has 1 amide bonds. The van der Waals surface area contributed by atoms with Crippen LogP contribution in [-0.4, -0.2) is 12.0 Å². The lowest BCUT2D eigenvalue weighted by molar-refractivity contribution is 0.0651. The maximum absolute atomic E-state index is 12.5. The molecule has 0 unspecified atom stereocenters. The fourth-order valence-electron chi connectivity index (χ4n) is 2.74. The van der Waals surface area contributed by atoms with Gasteiger partial charge in [0.05, 0.1) is 12.7 Å². The van der Waals surface area contributed by atoms with Crippen LogP contribution in [0.25, 0.3) is 10.8 Å². The van der Waals surface area contributed by atoms with Gasteiger partial charge in [-0.2, -0.15) is 0 Å². The second kappa shape index (κ2) is 7.95. The lowest BCUT2D eigenvalue weighted by atomic mass is 10.1. The molecule has 0 fully saturated rings. The van der Waals surface area contributed by atoms with Gasteiger partial charge < -0.3 is 10.1 Å². The van der Waals surface area contributed by atoms with Crippen LogP contribution in [0.1, 0.15) is 35.3 Å². The minimum Gasteiger partial charge on any atom is -0.374 e. The number of carbonyl (C=O) groups excluding carboxylic acids is 1. The minimum atomic E-state index is -0.0645. The van der Waals surface area contributed by atoms with E-state index in [-0.39, 0.29) is 12.0 Å². The molecule has 0 radical (unpaired) electrons. The number of rotatable bonds is 6. The van der Waals surface area contributed by atoms with Gasteiger partial charge in [0.25, 0.3) is 5.91 Å². The van der Waals surface area contributed by atoms with Crippen molar-refractivity contribution in [1.82, 2.24) is 5.32 Å². The van der Waals surface area contributed by atoms with Crippen LogP contribution in [0.2, 0.25) is 0 Å². The second-order valence-electron chi connectivity index (χ2n) is 6.37. The van der Waals surface area contributed by atoms with Crippen molar-refractivity contribution < 1.29 is 9.53 Å². The van der Waals surface area contributed by atoms with Crippen molar-refractivity contribution in [2.24, 2.45) is 0 Å². The highest BCUT2D eigenvalue weighted by Crippen LogP contribution is 2.16. The SMILES string of the molecule is CC(C)OCc1ccccc1CNC(=O)c1ccc2ccccc2c1. The van der Waals surface area contributed by atoms with Crippen LogP contribution in [0.15, 0.2) is 66.7 Å². The normalized spacial score (nSPS) is 11.0. The van der Waals surface area contributed by atoms with E-state index in [4.69, 9.17) is 4.74 Å². The van der Waals surface area contributed by atoms with E-state index in [1.54, 1.807) is 0 Å². The van der Waals surface area contributed by atoms with Crippen molar-refractivity contribution in [1.29, 1.82) is 0 Å². The van der Waals surface area contributed by atoms with Crippen LogP contribution >= 0.6 is 0 Å². The number of fused-ring (bicyclic) bond motifs is 1. The quantitative estimate of drug-likeness (QED) is 0.710. The third-order valence-electron chi connectivity index (χ3n) is 4.14. The summed E-state index contributed by atoms with van der Waals surface area (Å²) >= 11 is 0. The first-order valence-corrected chi connectivity index (χ1v) is 8.59. The molecule has 3 aromatic rings. The average Bonchev–Trinajstić information content (AvgIpc) is 2.64. The topological polar surface area (TPSA) is 38.3 Å². The first kappa shape index (κ1) is 17.2. The van der Waals surface area contributed by atoms with Gasteiger partial charge in [-0.1, -0.05) is 54.6 Å². The summed E-state index contributed by atoms with van der Waals surface area (Å²) in [6, 6.07) is 21.9. The van der Waals surface area contributed by atoms with E-state index in [2.05, 4.69) is 5.32 Å². The van der Waals surface area contributed by atoms with Crippen LogP contribution in [0.5, 0.6) is 0 Å². The van der Waals surface area contributed by atoms with Gasteiger partial charge >= 0.3 is 0 Å². The molecule has 0 aliphatic rings. The Morgan fingerprint density at radius 2 is 1.60 bits per heavy atom. The summed E-state index contributed by atoms with van der Waals surface area (Å²) in [5.74, 6) is -0.0645. The van der Waals surface area contributed by atoms with Crippen molar-refractivity contribution >= 4 is 16.7 Å². The van der Waals surface area contributed by atoms with Gasteiger partial charge in [-0.3, -0.25) is 4.79 Å². The molecule has 1 N–H and O–H groups in total. The first-order valence-electron chi connectivity index (χ1n) is 8.59. The molecule has 3 heteroatoms. The lowest BCUT2D eigenvalue weighted by Crippen LogP contribution is -2.23. The lowest BCUT2D eigenvalue weighted by Gasteiger charge is -2.13. The molecule has 3 rings (SSSR count). The standard InChI is InChI=1S/C22H23NO2/c1-16(2)25-15-21-10-6-5-9-20(21)14-23-22(24)19-12-11-17-7-3-4-8-18(17)13-19/h3-13,16H,14-15H2,1-2H3,(H,23,24). The van der Waals surface area contributed by atoms with Gasteiger partial charge in [-0.25, -0.2) is 0 Å². The number of ether oxygens (including phenoxy) is 1. The zero-order chi connectivity index (χ0) is 17.6. The van der Waals surface area contributed by atoms with E-state index in [0.717, 1.165) is 21.9 Å². The smallest absolute Gasteiger partial charge is 0.251 e. The van der Waals surface area contributed by atoms with E-state index in [1.807, 2.05) is 80.6 Å². The Hall–Kier alpha value is -2.65. The van der Waals surface area contributed by atoms with Crippen LogP contribution in [0.4, 0.5) is 0 Å². The summed E-state index contributed by atoms with van der Waals surface area (Å²) in [4.78, 5) is 12.5. The predicted molar refractivity (Wildman–Crippen MR) is 101 cm³/mol. The molecule has 3 nitrogen and oxygen atoms in total. The molecule has 3 aromatic carbocycles. The largest absolute Gasteiger partial charge is 0.374 e. The van der Waals surface area contributed by atoms with Gasteiger partial charge in [0.15, 0.2) is 0 Å². The number of hydrogen-bond acceptors (Lipinski definition) is 2. The molecule has 0 spiro atoms. The highest BCUT2D eigenvalue weighted by molar-refractivity contribution is 5.98. The molecule has 0 heterocycles. The number of benzene rings is 3. The number of carbonyl (C=O) groups is 1. The highest BCUT2D eigenvalue weighted by atomic mass is 16.5. The molecule has 128 valence electrons. The molecule has 25 heavy (non-hydrogen) atoms. The van der Waals surface area contributed by atoms with Crippen LogP contribution < -0.4 is 5.32 Å².